The number of para-hydroxylation sites is 1. The van der Waals surface area contributed by atoms with Crippen LogP contribution in [0.3, 0.4) is 0 Å². The predicted molar refractivity (Wildman–Crippen MR) is 111 cm³/mol. The Hall–Kier alpha value is -2.79. The molecule has 9 nitrogen and oxygen atoms in total. The maximum atomic E-state index is 12.6. The third-order valence-electron chi connectivity index (χ3n) is 3.91. The van der Waals surface area contributed by atoms with Crippen LogP contribution < -0.4 is 10.9 Å². The van der Waals surface area contributed by atoms with Gasteiger partial charge in [-0.25, -0.2) is 4.98 Å². The first-order valence-electron chi connectivity index (χ1n) is 8.84. The molecule has 0 fully saturated rings. The molecule has 0 aliphatic heterocycles. The Labute approximate surface area is 174 Å². The van der Waals surface area contributed by atoms with Crippen LogP contribution in [0.25, 0.3) is 10.9 Å². The lowest BCUT2D eigenvalue weighted by Gasteiger charge is -2.07. The largest absolute Gasteiger partial charge is 0.465 e. The summed E-state index contributed by atoms with van der Waals surface area (Å²) in [4.78, 5) is 40.4. The van der Waals surface area contributed by atoms with E-state index in [1.165, 1.54) is 34.0 Å². The van der Waals surface area contributed by atoms with E-state index in [9.17, 15) is 14.4 Å². The standard InChI is InChI=1S/C18H19N5O4S2/c1-3-27-14(25)9-28-18-22-21-17(29-18)20-13(24)7-8-23-10-19-15-11(2)5-4-6-12(15)16(23)26/h4-6,10H,3,7-9H2,1-2H3,(H,20,21,24). The molecule has 152 valence electrons. The SMILES string of the molecule is CCOC(=O)CSc1nnc(NC(=O)CCn2cnc3c(C)cccc3c2=O)s1. The number of anilines is 1. The highest BCUT2D eigenvalue weighted by Gasteiger charge is 2.12. The van der Waals surface area contributed by atoms with Crippen LogP contribution in [0.4, 0.5) is 5.13 Å². The maximum Gasteiger partial charge on any atom is 0.316 e. The highest BCUT2D eigenvalue weighted by molar-refractivity contribution is 8.01. The monoisotopic (exact) mass is 433 g/mol. The van der Waals surface area contributed by atoms with Gasteiger partial charge in [-0.1, -0.05) is 35.2 Å². The second-order valence-corrected chi connectivity index (χ2v) is 8.18. The van der Waals surface area contributed by atoms with Crippen molar-refractivity contribution in [3.8, 4) is 0 Å². The molecular weight excluding hydrogens is 414 g/mol. The van der Waals surface area contributed by atoms with Crippen LogP contribution in [-0.2, 0) is 20.9 Å². The number of carbonyl (C=O) groups excluding carboxylic acids is 2. The van der Waals surface area contributed by atoms with Crippen molar-refractivity contribution in [2.75, 3.05) is 17.7 Å². The van der Waals surface area contributed by atoms with Crippen LogP contribution in [0.5, 0.6) is 0 Å². The number of nitrogens with zero attached hydrogens (tertiary/aromatic N) is 4. The van der Waals surface area contributed by atoms with Crippen molar-refractivity contribution in [2.24, 2.45) is 0 Å². The number of esters is 1. The lowest BCUT2D eigenvalue weighted by molar-refractivity contribution is -0.139. The van der Waals surface area contributed by atoms with Crippen LogP contribution in [0, 0.1) is 6.92 Å². The summed E-state index contributed by atoms with van der Waals surface area (Å²) < 4.78 is 6.82. The Morgan fingerprint density at radius 1 is 1.31 bits per heavy atom. The van der Waals surface area contributed by atoms with Gasteiger partial charge in [-0.3, -0.25) is 19.0 Å². The molecule has 0 aliphatic carbocycles. The van der Waals surface area contributed by atoms with Gasteiger partial charge in [-0.05, 0) is 25.5 Å². The molecule has 1 aromatic carbocycles. The summed E-state index contributed by atoms with van der Waals surface area (Å²) in [5.41, 5.74) is 1.41. The highest BCUT2D eigenvalue weighted by atomic mass is 32.2. The molecule has 3 aromatic rings. The van der Waals surface area contributed by atoms with Gasteiger partial charge in [0.25, 0.3) is 5.56 Å². The highest BCUT2D eigenvalue weighted by Crippen LogP contribution is 2.25. The number of hydrogen-bond acceptors (Lipinski definition) is 9. The summed E-state index contributed by atoms with van der Waals surface area (Å²) >= 11 is 2.37. The molecule has 0 saturated carbocycles. The van der Waals surface area contributed by atoms with Crippen molar-refractivity contribution in [1.29, 1.82) is 0 Å². The summed E-state index contributed by atoms with van der Waals surface area (Å²) in [6, 6.07) is 5.43. The molecule has 0 aliphatic rings. The van der Waals surface area contributed by atoms with Gasteiger partial charge in [-0.2, -0.15) is 0 Å². The number of aromatic nitrogens is 4. The van der Waals surface area contributed by atoms with Crippen molar-refractivity contribution in [3.05, 3.63) is 40.4 Å². The molecule has 0 atom stereocenters. The van der Waals surface area contributed by atoms with Crippen molar-refractivity contribution in [1.82, 2.24) is 19.7 Å². The van der Waals surface area contributed by atoms with Crippen molar-refractivity contribution >= 4 is 51.0 Å². The van der Waals surface area contributed by atoms with E-state index in [2.05, 4.69) is 20.5 Å². The van der Waals surface area contributed by atoms with E-state index in [0.29, 0.717) is 27.0 Å². The number of ether oxygens (including phenoxy) is 1. The minimum atomic E-state index is -0.331. The van der Waals surface area contributed by atoms with Gasteiger partial charge in [0.05, 0.1) is 29.6 Å². The first-order chi connectivity index (χ1) is 14.0. The lowest BCUT2D eigenvalue weighted by Crippen LogP contribution is -2.23. The number of nitrogens with one attached hydrogen (secondary N) is 1. The number of amides is 1. The molecular formula is C18H19N5O4S2. The quantitative estimate of drug-likeness (QED) is 0.327. The smallest absolute Gasteiger partial charge is 0.316 e. The van der Waals surface area contributed by atoms with Gasteiger partial charge in [0.1, 0.15) is 0 Å². The average molecular weight is 434 g/mol. The number of thioether (sulfide) groups is 1. The number of benzene rings is 1. The second-order valence-electron chi connectivity index (χ2n) is 5.98. The van der Waals surface area contributed by atoms with Gasteiger partial charge in [0, 0.05) is 13.0 Å². The third kappa shape index (κ3) is 5.39. The molecule has 0 spiro atoms. The van der Waals surface area contributed by atoms with Crippen molar-refractivity contribution in [2.45, 2.75) is 31.2 Å². The van der Waals surface area contributed by atoms with E-state index in [4.69, 9.17) is 4.74 Å². The van der Waals surface area contributed by atoms with E-state index < -0.39 is 0 Å². The number of rotatable bonds is 8. The summed E-state index contributed by atoms with van der Waals surface area (Å²) in [6.07, 6.45) is 1.55. The predicted octanol–water partition coefficient (Wildman–Crippen LogP) is 2.24. The van der Waals surface area contributed by atoms with Gasteiger partial charge >= 0.3 is 5.97 Å². The first kappa shape index (κ1) is 20.9. The van der Waals surface area contributed by atoms with Gasteiger partial charge in [-0.15, -0.1) is 10.2 Å². The average Bonchev–Trinajstić information content (AvgIpc) is 3.14. The molecule has 0 saturated heterocycles. The van der Waals surface area contributed by atoms with E-state index in [0.717, 1.165) is 5.56 Å². The fraction of sp³-hybridized carbons (Fsp3) is 0.333. The number of hydrogen-bond donors (Lipinski definition) is 1. The Kier molecular flexibility index (Phi) is 6.94. The molecule has 29 heavy (non-hydrogen) atoms. The van der Waals surface area contributed by atoms with Crippen molar-refractivity contribution < 1.29 is 14.3 Å². The summed E-state index contributed by atoms with van der Waals surface area (Å²) in [5, 5.41) is 11.3. The lowest BCUT2D eigenvalue weighted by atomic mass is 10.1. The number of carbonyl (C=O) groups is 2. The molecule has 0 unspecified atom stereocenters. The molecule has 11 heteroatoms. The Morgan fingerprint density at radius 3 is 2.93 bits per heavy atom. The normalized spacial score (nSPS) is 10.8. The van der Waals surface area contributed by atoms with Crippen LogP contribution in [0.1, 0.15) is 18.9 Å². The number of fused-ring (bicyclic) bond motifs is 1. The van der Waals surface area contributed by atoms with Crippen LogP contribution in [0.15, 0.2) is 33.7 Å². The Balaban J connectivity index is 1.55. The Morgan fingerprint density at radius 2 is 2.14 bits per heavy atom. The van der Waals surface area contributed by atoms with E-state index in [-0.39, 0.29) is 36.2 Å². The van der Waals surface area contributed by atoms with Gasteiger partial charge < -0.3 is 10.1 Å². The molecule has 2 aromatic heterocycles. The van der Waals surface area contributed by atoms with E-state index in [1.54, 1.807) is 13.0 Å². The first-order valence-corrected chi connectivity index (χ1v) is 10.6. The fourth-order valence-electron chi connectivity index (χ4n) is 2.54. The number of aryl methyl sites for hydroxylation is 2. The van der Waals surface area contributed by atoms with Crippen LogP contribution in [0.2, 0.25) is 0 Å². The summed E-state index contributed by atoms with van der Waals surface area (Å²) in [6.45, 7) is 4.16. The molecule has 1 amide bonds. The van der Waals surface area contributed by atoms with Crippen LogP contribution >= 0.6 is 23.1 Å². The zero-order valence-corrected chi connectivity index (χ0v) is 17.5. The van der Waals surface area contributed by atoms with Gasteiger partial charge in [0.15, 0.2) is 4.34 Å². The summed E-state index contributed by atoms with van der Waals surface area (Å²) in [7, 11) is 0. The van der Waals surface area contributed by atoms with E-state index >= 15 is 0 Å². The van der Waals surface area contributed by atoms with Crippen LogP contribution in [-0.4, -0.2) is 44.0 Å². The van der Waals surface area contributed by atoms with Crippen molar-refractivity contribution in [3.63, 3.8) is 0 Å². The molecule has 3 rings (SSSR count). The molecule has 2 heterocycles. The summed E-state index contributed by atoms with van der Waals surface area (Å²) in [5.74, 6) is -0.490. The third-order valence-corrected chi connectivity index (χ3v) is 5.85. The zero-order chi connectivity index (χ0) is 20.8. The maximum absolute atomic E-state index is 12.6. The topological polar surface area (TPSA) is 116 Å². The Bertz CT molecular complexity index is 1100. The minimum absolute atomic E-state index is 0.0871. The zero-order valence-electron chi connectivity index (χ0n) is 15.9. The second kappa shape index (κ2) is 9.61. The van der Waals surface area contributed by atoms with E-state index in [1.807, 2.05) is 19.1 Å². The minimum Gasteiger partial charge on any atom is -0.465 e. The molecule has 0 radical (unpaired) electrons. The van der Waals surface area contributed by atoms with Gasteiger partial charge in [0.2, 0.25) is 11.0 Å². The molecule has 1 N–H and O–H groups in total. The fourth-order valence-corrected chi connectivity index (χ4v) is 4.11. The molecule has 0 bridgehead atoms.